The van der Waals surface area contributed by atoms with Crippen molar-refractivity contribution in [3.63, 3.8) is 0 Å². The predicted octanol–water partition coefficient (Wildman–Crippen LogP) is 6.51. The van der Waals surface area contributed by atoms with Gasteiger partial charge in [0.1, 0.15) is 0 Å². The van der Waals surface area contributed by atoms with Crippen LogP contribution >= 0.6 is 0 Å². The minimum absolute atomic E-state index is 0.370. The molecule has 128 valence electrons. The molecule has 1 nitrogen and oxygen atoms in total. The van der Waals surface area contributed by atoms with E-state index in [2.05, 4.69) is 25.1 Å². The van der Waals surface area contributed by atoms with E-state index in [1.54, 1.807) is 0 Å². The van der Waals surface area contributed by atoms with E-state index in [9.17, 15) is 0 Å². The fourth-order valence-corrected chi connectivity index (χ4v) is 5.89. The summed E-state index contributed by atoms with van der Waals surface area (Å²) in [7, 11) is 0. The molecular formula is C22H35N. The molecule has 23 heavy (non-hydrogen) atoms. The number of hydrogen-bond donors (Lipinski definition) is 0. The fourth-order valence-electron chi connectivity index (χ4n) is 5.89. The topological polar surface area (TPSA) is 23.8 Å². The molecule has 3 saturated carbocycles. The highest BCUT2D eigenvalue weighted by molar-refractivity contribution is 4.92. The van der Waals surface area contributed by atoms with Crippen LogP contribution < -0.4 is 0 Å². The Labute approximate surface area is 143 Å². The Morgan fingerprint density at radius 1 is 0.652 bits per heavy atom. The molecule has 0 aromatic heterocycles. The van der Waals surface area contributed by atoms with Gasteiger partial charge in [0, 0.05) is 5.92 Å². The summed E-state index contributed by atoms with van der Waals surface area (Å²) < 4.78 is 0. The lowest BCUT2D eigenvalue weighted by Crippen LogP contribution is -2.29. The number of rotatable bonds is 3. The first-order valence-electron chi connectivity index (χ1n) is 10.3. The summed E-state index contributed by atoms with van der Waals surface area (Å²) in [5.41, 5.74) is 0. The molecule has 0 saturated heterocycles. The van der Waals surface area contributed by atoms with Crippen LogP contribution in [0.1, 0.15) is 84.0 Å². The van der Waals surface area contributed by atoms with E-state index in [4.69, 9.17) is 5.26 Å². The molecule has 0 aliphatic heterocycles. The maximum atomic E-state index is 9.06. The van der Waals surface area contributed by atoms with Crippen LogP contribution in [0.4, 0.5) is 0 Å². The van der Waals surface area contributed by atoms with Gasteiger partial charge in [-0.25, -0.2) is 0 Å². The van der Waals surface area contributed by atoms with E-state index in [-0.39, 0.29) is 0 Å². The van der Waals surface area contributed by atoms with Crippen LogP contribution in [0, 0.1) is 46.8 Å². The highest BCUT2D eigenvalue weighted by atomic mass is 14.4. The molecule has 3 rings (SSSR count). The third-order valence-corrected chi connectivity index (χ3v) is 7.39. The predicted molar refractivity (Wildman–Crippen MR) is 96.8 cm³/mol. The van der Waals surface area contributed by atoms with Gasteiger partial charge in [0.25, 0.3) is 0 Å². The summed E-state index contributed by atoms with van der Waals surface area (Å²) in [6.45, 7) is 2.16. The zero-order chi connectivity index (χ0) is 16.1. The van der Waals surface area contributed by atoms with E-state index < -0.39 is 0 Å². The van der Waals surface area contributed by atoms with Crippen molar-refractivity contribution in [2.24, 2.45) is 35.5 Å². The molecule has 3 fully saturated rings. The first kappa shape index (κ1) is 17.1. The lowest BCUT2D eigenvalue weighted by molar-refractivity contribution is 0.113. The van der Waals surface area contributed by atoms with Crippen LogP contribution in [0.15, 0.2) is 12.2 Å². The van der Waals surface area contributed by atoms with Crippen molar-refractivity contribution in [3.05, 3.63) is 12.2 Å². The number of nitrogens with zero attached hydrogens (tertiary/aromatic N) is 1. The van der Waals surface area contributed by atoms with Crippen LogP contribution in [0.5, 0.6) is 0 Å². The van der Waals surface area contributed by atoms with Gasteiger partial charge in [-0.2, -0.15) is 5.26 Å². The van der Waals surface area contributed by atoms with E-state index >= 15 is 0 Å². The summed E-state index contributed by atoms with van der Waals surface area (Å²) in [4.78, 5) is 0. The van der Waals surface area contributed by atoms with Crippen LogP contribution in [0.3, 0.4) is 0 Å². The number of nitriles is 1. The minimum atomic E-state index is 0.370. The molecule has 0 heterocycles. The third kappa shape index (κ3) is 4.40. The molecular weight excluding hydrogens is 278 g/mol. The van der Waals surface area contributed by atoms with Crippen LogP contribution in [0.25, 0.3) is 0 Å². The fraction of sp³-hybridized carbons (Fsp3) is 0.864. The first-order chi connectivity index (χ1) is 11.3. The Morgan fingerprint density at radius 3 is 1.43 bits per heavy atom. The molecule has 0 aromatic rings. The molecule has 0 bridgehead atoms. The maximum Gasteiger partial charge on any atom is 0.0655 e. The second-order valence-electron chi connectivity index (χ2n) is 8.62. The number of hydrogen-bond acceptors (Lipinski definition) is 1. The van der Waals surface area contributed by atoms with Crippen molar-refractivity contribution in [2.75, 3.05) is 0 Å². The van der Waals surface area contributed by atoms with Crippen molar-refractivity contribution >= 4 is 0 Å². The average molecular weight is 314 g/mol. The Morgan fingerprint density at radius 2 is 1.04 bits per heavy atom. The lowest BCUT2D eigenvalue weighted by atomic mass is 9.65. The first-order valence-corrected chi connectivity index (χ1v) is 10.3. The van der Waals surface area contributed by atoms with Gasteiger partial charge < -0.3 is 0 Å². The monoisotopic (exact) mass is 313 g/mol. The number of allylic oxidation sites excluding steroid dienone is 2. The summed E-state index contributed by atoms with van der Waals surface area (Å²) in [6.07, 6.45) is 21.5. The summed E-state index contributed by atoms with van der Waals surface area (Å²) >= 11 is 0. The SMILES string of the molecule is C/C=C/C1CCC(C2CCC(C3CCC(C#N)CC3)CC2)CC1. The van der Waals surface area contributed by atoms with Gasteiger partial charge in [-0.15, -0.1) is 0 Å². The average Bonchev–Trinajstić information content (AvgIpc) is 2.63. The molecule has 0 radical (unpaired) electrons. The van der Waals surface area contributed by atoms with Crippen molar-refractivity contribution in [1.29, 1.82) is 5.26 Å². The van der Waals surface area contributed by atoms with Crippen LogP contribution in [-0.2, 0) is 0 Å². The third-order valence-electron chi connectivity index (χ3n) is 7.39. The Balaban J connectivity index is 1.40. The quantitative estimate of drug-likeness (QED) is 0.545. The molecule has 0 spiro atoms. The second-order valence-corrected chi connectivity index (χ2v) is 8.62. The zero-order valence-electron chi connectivity index (χ0n) is 15.1. The van der Waals surface area contributed by atoms with Crippen molar-refractivity contribution in [3.8, 4) is 6.07 Å². The summed E-state index contributed by atoms with van der Waals surface area (Å²) in [5, 5.41) is 9.06. The summed E-state index contributed by atoms with van der Waals surface area (Å²) in [5.74, 6) is 5.26. The molecule has 0 atom stereocenters. The molecule has 3 aliphatic rings. The van der Waals surface area contributed by atoms with E-state index in [1.165, 1.54) is 77.0 Å². The highest BCUT2D eigenvalue weighted by Crippen LogP contribution is 2.45. The van der Waals surface area contributed by atoms with Gasteiger partial charge >= 0.3 is 0 Å². The van der Waals surface area contributed by atoms with E-state index in [0.717, 1.165) is 29.6 Å². The molecule has 1 heteroatoms. The van der Waals surface area contributed by atoms with E-state index in [0.29, 0.717) is 5.92 Å². The largest absolute Gasteiger partial charge is 0.198 e. The van der Waals surface area contributed by atoms with Gasteiger partial charge in [0.05, 0.1) is 6.07 Å². The molecule has 0 N–H and O–H groups in total. The highest BCUT2D eigenvalue weighted by Gasteiger charge is 2.34. The zero-order valence-corrected chi connectivity index (χ0v) is 15.1. The second kappa shape index (κ2) is 8.36. The minimum Gasteiger partial charge on any atom is -0.198 e. The van der Waals surface area contributed by atoms with Gasteiger partial charge in [-0.05, 0) is 114 Å². The van der Waals surface area contributed by atoms with Crippen LogP contribution in [0.2, 0.25) is 0 Å². The Kier molecular flexibility index (Phi) is 6.21. The smallest absolute Gasteiger partial charge is 0.0655 e. The standard InChI is InChI=1S/C22H35N/c1-2-3-17-4-8-19(9-5-17)21-12-14-22(15-13-21)20-10-6-18(16-23)7-11-20/h2-3,17-22H,4-15H2,1H3/b3-2+. The molecule has 0 unspecified atom stereocenters. The van der Waals surface area contributed by atoms with Gasteiger partial charge in [-0.3, -0.25) is 0 Å². The Hall–Kier alpha value is -0.770. The normalized spacial score (nSPS) is 42.4. The summed E-state index contributed by atoms with van der Waals surface area (Å²) in [6, 6.07) is 2.49. The van der Waals surface area contributed by atoms with E-state index in [1.807, 2.05) is 0 Å². The van der Waals surface area contributed by atoms with Crippen molar-refractivity contribution < 1.29 is 0 Å². The Bertz CT molecular complexity index is 408. The van der Waals surface area contributed by atoms with Gasteiger partial charge in [0.2, 0.25) is 0 Å². The van der Waals surface area contributed by atoms with Gasteiger partial charge in [-0.1, -0.05) is 12.2 Å². The van der Waals surface area contributed by atoms with Gasteiger partial charge in [0.15, 0.2) is 0 Å². The molecule has 3 aliphatic carbocycles. The molecule has 0 amide bonds. The van der Waals surface area contributed by atoms with Crippen molar-refractivity contribution in [2.45, 2.75) is 84.0 Å². The van der Waals surface area contributed by atoms with Crippen LogP contribution in [-0.4, -0.2) is 0 Å². The molecule has 0 aromatic carbocycles. The van der Waals surface area contributed by atoms with Crippen molar-refractivity contribution in [1.82, 2.24) is 0 Å². The maximum absolute atomic E-state index is 9.06. The lowest BCUT2D eigenvalue weighted by Gasteiger charge is -2.40.